The normalized spacial score (nSPS) is 10.7. The van der Waals surface area contributed by atoms with Gasteiger partial charge in [0.1, 0.15) is 11.2 Å². The van der Waals surface area contributed by atoms with Gasteiger partial charge in [0.15, 0.2) is 0 Å². The van der Waals surface area contributed by atoms with Crippen molar-refractivity contribution in [1.29, 1.82) is 0 Å². The third-order valence-corrected chi connectivity index (χ3v) is 0.946. The number of carbonyl (C=O) groups excluding carboxylic acids is 2. The first kappa shape index (κ1) is 17.9. The molecule has 0 bridgehead atoms. The Morgan fingerprint density at radius 2 is 1.00 bits per heavy atom. The molecule has 0 aliphatic heterocycles. The summed E-state index contributed by atoms with van der Waals surface area (Å²) in [5.74, 6) is 0. The minimum Gasteiger partial charge on any atom is -0.428 e. The molecule has 17 heavy (non-hydrogen) atoms. The number of ether oxygens (including phenoxy) is 3. The van der Waals surface area contributed by atoms with Crippen LogP contribution in [0.5, 0.6) is 0 Å². The van der Waals surface area contributed by atoms with Crippen LogP contribution >= 0.6 is 0 Å². The van der Waals surface area contributed by atoms with Crippen molar-refractivity contribution in [3.8, 4) is 0 Å². The van der Waals surface area contributed by atoms with E-state index in [1.54, 1.807) is 41.5 Å². The van der Waals surface area contributed by atoms with E-state index in [2.05, 4.69) is 17.9 Å². The molecule has 0 aliphatic carbocycles. The Kier molecular flexibility index (Phi) is 7.29. The van der Waals surface area contributed by atoms with E-state index in [4.69, 9.17) is 9.47 Å². The zero-order chi connectivity index (χ0) is 14.3. The molecule has 0 spiro atoms. The Hall–Kier alpha value is -1.52. The van der Waals surface area contributed by atoms with Crippen molar-refractivity contribution in [3.05, 3.63) is 13.2 Å². The molecular weight excluding hydrogens is 224 g/mol. The van der Waals surface area contributed by atoms with Crippen molar-refractivity contribution >= 4 is 12.3 Å². The highest BCUT2D eigenvalue weighted by molar-refractivity contribution is 5.77. The molecule has 0 aromatic rings. The van der Waals surface area contributed by atoms with Crippen molar-refractivity contribution in [3.63, 3.8) is 0 Å². The van der Waals surface area contributed by atoms with Gasteiger partial charge in [-0.1, -0.05) is 0 Å². The molecule has 0 aromatic heterocycles. The standard InChI is InChI=1S/C10H18O5.C2H4/c1-9(2,3)14-7(11)13-8(12)15-10(4,5)6;1-2/h1-6H3;1-2H2. The summed E-state index contributed by atoms with van der Waals surface area (Å²) < 4.78 is 13.8. The van der Waals surface area contributed by atoms with Crippen LogP contribution in [0.3, 0.4) is 0 Å². The molecule has 0 amide bonds. The molecule has 0 rings (SSSR count). The van der Waals surface area contributed by atoms with Crippen LogP contribution in [0.25, 0.3) is 0 Å². The maximum atomic E-state index is 11.0. The molecule has 5 nitrogen and oxygen atoms in total. The van der Waals surface area contributed by atoms with Crippen LogP contribution in [0.15, 0.2) is 13.2 Å². The number of carbonyl (C=O) groups is 2. The van der Waals surface area contributed by atoms with Gasteiger partial charge < -0.3 is 14.2 Å². The molecule has 5 heteroatoms. The SMILES string of the molecule is C=C.CC(C)(C)OC(=O)OC(=O)OC(C)(C)C. The molecular formula is C12H22O5. The monoisotopic (exact) mass is 246 g/mol. The third kappa shape index (κ3) is 14.5. The first-order valence-corrected chi connectivity index (χ1v) is 5.13. The largest absolute Gasteiger partial charge is 0.519 e. The Balaban J connectivity index is 0. The predicted octanol–water partition coefficient (Wildman–Crippen LogP) is 3.68. The van der Waals surface area contributed by atoms with Gasteiger partial charge in [0, 0.05) is 0 Å². The van der Waals surface area contributed by atoms with Gasteiger partial charge in [0.05, 0.1) is 0 Å². The van der Waals surface area contributed by atoms with Gasteiger partial charge in [-0.15, -0.1) is 13.2 Å². The zero-order valence-corrected chi connectivity index (χ0v) is 11.5. The predicted molar refractivity (Wildman–Crippen MR) is 64.8 cm³/mol. The molecule has 0 radical (unpaired) electrons. The van der Waals surface area contributed by atoms with Gasteiger partial charge in [-0.25, -0.2) is 9.59 Å². The fourth-order valence-electron chi connectivity index (χ4n) is 0.610. The summed E-state index contributed by atoms with van der Waals surface area (Å²) in [6.45, 7) is 16.0. The molecule has 0 saturated heterocycles. The molecule has 0 fully saturated rings. The van der Waals surface area contributed by atoms with Gasteiger partial charge in [-0.05, 0) is 41.5 Å². The molecule has 0 saturated carbocycles. The van der Waals surface area contributed by atoms with Crippen molar-refractivity contribution in [2.45, 2.75) is 52.7 Å². The lowest BCUT2D eigenvalue weighted by atomic mass is 10.2. The van der Waals surface area contributed by atoms with E-state index in [0.717, 1.165) is 0 Å². The topological polar surface area (TPSA) is 61.8 Å². The first-order valence-electron chi connectivity index (χ1n) is 5.13. The van der Waals surface area contributed by atoms with E-state index in [0.29, 0.717) is 0 Å². The van der Waals surface area contributed by atoms with Crippen LogP contribution in [0.4, 0.5) is 9.59 Å². The average Bonchev–Trinajstić information content (AvgIpc) is 1.99. The molecule has 100 valence electrons. The van der Waals surface area contributed by atoms with E-state index in [-0.39, 0.29) is 0 Å². The first-order chi connectivity index (χ1) is 7.49. The summed E-state index contributed by atoms with van der Waals surface area (Å²) in [7, 11) is 0. The molecule has 0 heterocycles. The maximum Gasteiger partial charge on any atom is 0.519 e. The molecule has 0 atom stereocenters. The second-order valence-electron chi connectivity index (χ2n) is 5.03. The fourth-order valence-corrected chi connectivity index (χ4v) is 0.610. The van der Waals surface area contributed by atoms with Crippen LogP contribution in [0.2, 0.25) is 0 Å². The van der Waals surface area contributed by atoms with Crippen LogP contribution in [0, 0.1) is 0 Å². The lowest BCUT2D eigenvalue weighted by Crippen LogP contribution is -2.29. The minimum absolute atomic E-state index is 0.695. The second kappa shape index (κ2) is 6.93. The van der Waals surface area contributed by atoms with Gasteiger partial charge >= 0.3 is 12.3 Å². The fraction of sp³-hybridized carbons (Fsp3) is 0.667. The Morgan fingerprint density at radius 3 is 1.18 bits per heavy atom. The maximum absolute atomic E-state index is 11.0. The number of hydrogen-bond donors (Lipinski definition) is 0. The molecule has 0 aromatic carbocycles. The Labute approximate surface area is 103 Å². The summed E-state index contributed by atoms with van der Waals surface area (Å²) in [4.78, 5) is 22.0. The van der Waals surface area contributed by atoms with Crippen molar-refractivity contribution in [2.24, 2.45) is 0 Å². The summed E-state index contributed by atoms with van der Waals surface area (Å²) in [5.41, 5.74) is -1.39. The van der Waals surface area contributed by atoms with Crippen LogP contribution < -0.4 is 0 Å². The van der Waals surface area contributed by atoms with Gasteiger partial charge in [-0.2, -0.15) is 0 Å². The quantitative estimate of drug-likeness (QED) is 0.370. The highest BCUT2D eigenvalue weighted by Gasteiger charge is 2.24. The van der Waals surface area contributed by atoms with Crippen molar-refractivity contribution < 1.29 is 23.8 Å². The van der Waals surface area contributed by atoms with E-state index in [1.807, 2.05) is 0 Å². The van der Waals surface area contributed by atoms with E-state index in [1.165, 1.54) is 0 Å². The van der Waals surface area contributed by atoms with Crippen LogP contribution in [0.1, 0.15) is 41.5 Å². The summed E-state index contributed by atoms with van der Waals surface area (Å²) >= 11 is 0. The number of hydrogen-bond acceptors (Lipinski definition) is 5. The minimum atomic E-state index is -1.06. The van der Waals surface area contributed by atoms with Gasteiger partial charge in [-0.3, -0.25) is 0 Å². The van der Waals surface area contributed by atoms with Crippen LogP contribution in [-0.2, 0) is 14.2 Å². The van der Waals surface area contributed by atoms with Gasteiger partial charge in [0.2, 0.25) is 0 Å². The second-order valence-corrected chi connectivity index (χ2v) is 5.03. The number of rotatable bonds is 0. The van der Waals surface area contributed by atoms with Crippen LogP contribution in [-0.4, -0.2) is 23.5 Å². The third-order valence-electron chi connectivity index (χ3n) is 0.946. The Bertz CT molecular complexity index is 231. The molecule has 0 N–H and O–H groups in total. The highest BCUT2D eigenvalue weighted by atomic mass is 16.8. The van der Waals surface area contributed by atoms with Gasteiger partial charge in [0.25, 0.3) is 0 Å². The van der Waals surface area contributed by atoms with E-state index in [9.17, 15) is 9.59 Å². The van der Waals surface area contributed by atoms with E-state index >= 15 is 0 Å². The summed E-state index contributed by atoms with van der Waals surface area (Å²) in [6, 6.07) is 0. The highest BCUT2D eigenvalue weighted by Crippen LogP contribution is 2.11. The molecule has 0 unspecified atom stereocenters. The van der Waals surface area contributed by atoms with E-state index < -0.39 is 23.5 Å². The zero-order valence-electron chi connectivity index (χ0n) is 11.5. The van der Waals surface area contributed by atoms with Crippen molar-refractivity contribution in [2.75, 3.05) is 0 Å². The lowest BCUT2D eigenvalue weighted by molar-refractivity contribution is -0.0293. The summed E-state index contributed by atoms with van der Waals surface area (Å²) in [6.07, 6.45) is -2.12. The smallest absolute Gasteiger partial charge is 0.428 e. The Morgan fingerprint density at radius 1 is 0.765 bits per heavy atom. The molecule has 0 aliphatic rings. The lowest BCUT2D eigenvalue weighted by Gasteiger charge is -2.20. The average molecular weight is 246 g/mol. The summed E-state index contributed by atoms with van der Waals surface area (Å²) in [5, 5.41) is 0. The van der Waals surface area contributed by atoms with Crippen molar-refractivity contribution in [1.82, 2.24) is 0 Å².